The van der Waals surface area contributed by atoms with E-state index < -0.39 is 0 Å². The number of nitrogens with zero attached hydrogens (tertiary/aromatic N) is 5. The van der Waals surface area contributed by atoms with Crippen LogP contribution in [0.25, 0.3) is 22.8 Å². The molecule has 4 rings (SSSR count). The van der Waals surface area contributed by atoms with E-state index in [0.29, 0.717) is 22.5 Å². The molecule has 6 nitrogen and oxygen atoms in total. The largest absolute Gasteiger partial charge is 0.334 e. The first-order valence-electron chi connectivity index (χ1n) is 8.28. The minimum atomic E-state index is 0.412. The molecule has 0 unspecified atom stereocenters. The number of thioether (sulfide) groups is 1. The first kappa shape index (κ1) is 17.8. The lowest BCUT2D eigenvalue weighted by molar-refractivity contribution is 0.425. The molecule has 0 saturated heterocycles. The minimum Gasteiger partial charge on any atom is -0.334 e. The molecule has 27 heavy (non-hydrogen) atoms. The third-order valence-corrected chi connectivity index (χ3v) is 5.36. The molecule has 0 radical (unpaired) electrons. The Hall–Kier alpha value is -2.64. The zero-order valence-electron chi connectivity index (χ0n) is 14.8. The molecule has 0 bridgehead atoms. The molecule has 0 aliphatic rings. The van der Waals surface area contributed by atoms with Gasteiger partial charge >= 0.3 is 0 Å². The Bertz CT molecular complexity index is 1090. The van der Waals surface area contributed by atoms with E-state index in [1.54, 1.807) is 6.07 Å². The average molecular weight is 398 g/mol. The maximum absolute atomic E-state index is 6.18. The summed E-state index contributed by atoms with van der Waals surface area (Å²) in [6, 6.07) is 15.6. The molecule has 2 aromatic carbocycles. The number of aromatic nitrogens is 5. The highest BCUT2D eigenvalue weighted by molar-refractivity contribution is 7.98. The van der Waals surface area contributed by atoms with Gasteiger partial charge in [-0.3, -0.25) is 0 Å². The standard InChI is InChI=1S/C19H16ClN5OS/c1-12-6-5-7-13(10-12)17-22-23-19(25(17)2)27-11-16-21-18(26-24-16)14-8-3-4-9-15(14)20/h3-10H,11H2,1-2H3. The van der Waals surface area contributed by atoms with E-state index >= 15 is 0 Å². The highest BCUT2D eigenvalue weighted by Gasteiger charge is 2.15. The fourth-order valence-electron chi connectivity index (χ4n) is 2.66. The third-order valence-electron chi connectivity index (χ3n) is 4.01. The van der Waals surface area contributed by atoms with Crippen molar-refractivity contribution in [2.45, 2.75) is 17.8 Å². The van der Waals surface area contributed by atoms with Crippen molar-refractivity contribution >= 4 is 23.4 Å². The summed E-state index contributed by atoms with van der Waals surface area (Å²) in [7, 11) is 1.95. The summed E-state index contributed by atoms with van der Waals surface area (Å²) in [5.41, 5.74) is 2.95. The zero-order chi connectivity index (χ0) is 18.8. The smallest absolute Gasteiger partial charge is 0.259 e. The topological polar surface area (TPSA) is 69.6 Å². The van der Waals surface area contributed by atoms with Crippen molar-refractivity contribution in [3.8, 4) is 22.8 Å². The normalized spacial score (nSPS) is 11.1. The lowest BCUT2D eigenvalue weighted by Gasteiger charge is -2.03. The molecule has 0 atom stereocenters. The average Bonchev–Trinajstić information content (AvgIpc) is 3.27. The van der Waals surface area contributed by atoms with Crippen LogP contribution in [-0.4, -0.2) is 24.9 Å². The van der Waals surface area contributed by atoms with Crippen molar-refractivity contribution < 1.29 is 4.52 Å². The lowest BCUT2D eigenvalue weighted by atomic mass is 10.1. The monoisotopic (exact) mass is 397 g/mol. The van der Waals surface area contributed by atoms with Gasteiger partial charge < -0.3 is 9.09 Å². The van der Waals surface area contributed by atoms with Crippen molar-refractivity contribution in [3.05, 3.63) is 64.9 Å². The number of benzene rings is 2. The fourth-order valence-corrected chi connectivity index (χ4v) is 3.63. The van der Waals surface area contributed by atoms with Crippen LogP contribution < -0.4 is 0 Å². The number of halogens is 1. The van der Waals surface area contributed by atoms with E-state index in [4.69, 9.17) is 16.1 Å². The molecule has 0 aliphatic heterocycles. The predicted octanol–water partition coefficient (Wildman–Crippen LogP) is 4.79. The van der Waals surface area contributed by atoms with Gasteiger partial charge in [-0.2, -0.15) is 4.98 Å². The Morgan fingerprint density at radius 1 is 1.11 bits per heavy atom. The van der Waals surface area contributed by atoms with Gasteiger partial charge in [0.2, 0.25) is 0 Å². The highest BCUT2D eigenvalue weighted by Crippen LogP contribution is 2.28. The van der Waals surface area contributed by atoms with Gasteiger partial charge in [-0.1, -0.05) is 64.4 Å². The maximum atomic E-state index is 6.18. The van der Waals surface area contributed by atoms with Crippen molar-refractivity contribution in [1.82, 2.24) is 24.9 Å². The molecule has 2 aromatic heterocycles. The molecule has 0 saturated carbocycles. The third kappa shape index (κ3) is 3.74. The van der Waals surface area contributed by atoms with E-state index in [1.807, 2.05) is 41.9 Å². The first-order valence-corrected chi connectivity index (χ1v) is 9.65. The predicted molar refractivity (Wildman–Crippen MR) is 105 cm³/mol. The second kappa shape index (κ2) is 7.54. The van der Waals surface area contributed by atoms with E-state index in [2.05, 4.69) is 39.4 Å². The van der Waals surface area contributed by atoms with Crippen LogP contribution in [0.4, 0.5) is 0 Å². The van der Waals surface area contributed by atoms with Crippen LogP contribution >= 0.6 is 23.4 Å². The molecule has 2 heterocycles. The summed E-state index contributed by atoms with van der Waals surface area (Å²) in [5, 5.41) is 14.0. The van der Waals surface area contributed by atoms with Crippen LogP contribution in [0.3, 0.4) is 0 Å². The summed E-state index contributed by atoms with van der Waals surface area (Å²) in [6.45, 7) is 2.06. The van der Waals surface area contributed by atoms with Crippen molar-refractivity contribution in [2.75, 3.05) is 0 Å². The minimum absolute atomic E-state index is 0.412. The van der Waals surface area contributed by atoms with Crippen molar-refractivity contribution in [2.24, 2.45) is 7.05 Å². The highest BCUT2D eigenvalue weighted by atomic mass is 35.5. The Labute approximate surface area is 165 Å². The maximum Gasteiger partial charge on any atom is 0.259 e. The van der Waals surface area contributed by atoms with E-state index in [9.17, 15) is 0 Å². The van der Waals surface area contributed by atoms with Crippen LogP contribution in [0.15, 0.2) is 58.2 Å². The molecule has 0 amide bonds. The summed E-state index contributed by atoms with van der Waals surface area (Å²) in [6.07, 6.45) is 0. The van der Waals surface area contributed by atoms with Gasteiger partial charge in [-0.15, -0.1) is 10.2 Å². The molecule has 0 aliphatic carbocycles. The second-order valence-corrected chi connectivity index (χ2v) is 7.37. The molecule has 0 N–H and O–H groups in total. The van der Waals surface area contributed by atoms with Gasteiger partial charge in [-0.25, -0.2) is 0 Å². The molecule has 0 fully saturated rings. The molecular weight excluding hydrogens is 382 g/mol. The van der Waals surface area contributed by atoms with Crippen LogP contribution in [-0.2, 0) is 12.8 Å². The lowest BCUT2D eigenvalue weighted by Crippen LogP contribution is -1.95. The van der Waals surface area contributed by atoms with Crippen molar-refractivity contribution in [3.63, 3.8) is 0 Å². The van der Waals surface area contributed by atoms with Crippen LogP contribution in [0.2, 0.25) is 5.02 Å². The SMILES string of the molecule is Cc1cccc(-c2nnc(SCc3noc(-c4ccccc4Cl)n3)n2C)c1. The Morgan fingerprint density at radius 3 is 2.78 bits per heavy atom. The number of hydrogen-bond acceptors (Lipinski definition) is 6. The van der Waals surface area contributed by atoms with Gasteiger partial charge in [0, 0.05) is 12.6 Å². The van der Waals surface area contributed by atoms with Gasteiger partial charge in [0.25, 0.3) is 5.89 Å². The zero-order valence-corrected chi connectivity index (χ0v) is 16.3. The summed E-state index contributed by atoms with van der Waals surface area (Å²) in [4.78, 5) is 4.42. The molecule has 136 valence electrons. The van der Waals surface area contributed by atoms with Gasteiger partial charge in [0.15, 0.2) is 16.8 Å². The quantitative estimate of drug-likeness (QED) is 0.451. The summed E-state index contributed by atoms with van der Waals surface area (Å²) in [5.74, 6) is 2.34. The van der Waals surface area contributed by atoms with E-state index in [1.165, 1.54) is 17.3 Å². The number of rotatable bonds is 5. The van der Waals surface area contributed by atoms with Gasteiger partial charge in [0.1, 0.15) is 0 Å². The molecular formula is C19H16ClN5OS. The second-order valence-electron chi connectivity index (χ2n) is 6.02. The van der Waals surface area contributed by atoms with Crippen LogP contribution in [0.1, 0.15) is 11.4 Å². The van der Waals surface area contributed by atoms with Crippen LogP contribution in [0, 0.1) is 6.92 Å². The van der Waals surface area contributed by atoms with Gasteiger partial charge in [0.05, 0.1) is 16.3 Å². The Kier molecular flexibility index (Phi) is 4.96. The molecule has 4 aromatic rings. The fraction of sp³-hybridized carbons (Fsp3) is 0.158. The summed E-state index contributed by atoms with van der Waals surface area (Å²) >= 11 is 7.68. The van der Waals surface area contributed by atoms with E-state index in [0.717, 1.165) is 22.1 Å². The van der Waals surface area contributed by atoms with Gasteiger partial charge in [-0.05, 0) is 25.1 Å². The molecule has 8 heteroatoms. The molecule has 0 spiro atoms. The Morgan fingerprint density at radius 2 is 1.96 bits per heavy atom. The van der Waals surface area contributed by atoms with Crippen molar-refractivity contribution in [1.29, 1.82) is 0 Å². The Balaban J connectivity index is 1.50. The first-order chi connectivity index (χ1) is 13.1. The summed E-state index contributed by atoms with van der Waals surface area (Å²) < 4.78 is 7.30. The van der Waals surface area contributed by atoms with E-state index in [-0.39, 0.29) is 0 Å². The number of aryl methyl sites for hydroxylation is 1. The van der Waals surface area contributed by atoms with Crippen LogP contribution in [0.5, 0.6) is 0 Å². The number of hydrogen-bond donors (Lipinski definition) is 0.